The first-order valence-corrected chi connectivity index (χ1v) is 9.30. The van der Waals surface area contributed by atoms with Crippen molar-refractivity contribution in [2.75, 3.05) is 5.32 Å². The lowest BCUT2D eigenvalue weighted by molar-refractivity contribution is -0.110. The van der Waals surface area contributed by atoms with Gasteiger partial charge < -0.3 is 9.88 Å². The first-order valence-electron chi connectivity index (χ1n) is 7.67. The molecule has 2 heterocycles. The van der Waals surface area contributed by atoms with Crippen molar-refractivity contribution in [3.05, 3.63) is 68.3 Å². The van der Waals surface area contributed by atoms with Crippen molar-refractivity contribution in [2.24, 2.45) is 17.3 Å². The van der Waals surface area contributed by atoms with Gasteiger partial charge in [0.15, 0.2) is 5.71 Å². The Morgan fingerprint density at radius 2 is 1.88 bits per heavy atom. The number of nitrogens with one attached hydrogen (secondary N) is 1. The molecule has 0 bridgehead atoms. The van der Waals surface area contributed by atoms with Crippen LogP contribution in [0.5, 0.6) is 0 Å². The summed E-state index contributed by atoms with van der Waals surface area (Å²) in [5.74, 6) is -0.251. The number of rotatable bonds is 2. The summed E-state index contributed by atoms with van der Waals surface area (Å²) in [4.78, 5) is 12.8. The van der Waals surface area contributed by atoms with Gasteiger partial charge in [-0.1, -0.05) is 47.5 Å². The Bertz CT molecular complexity index is 1130. The summed E-state index contributed by atoms with van der Waals surface area (Å²) in [6.45, 7) is 0. The molecule has 1 aromatic heterocycles. The first-order chi connectivity index (χ1) is 12.5. The topological polar surface area (TPSA) is 58.8 Å². The fourth-order valence-corrected chi connectivity index (χ4v) is 3.83. The number of thiazole rings is 1. The van der Waals surface area contributed by atoms with Crippen molar-refractivity contribution in [1.29, 1.82) is 0 Å². The van der Waals surface area contributed by atoms with Gasteiger partial charge in [0, 0.05) is 23.6 Å². The van der Waals surface area contributed by atoms with E-state index in [4.69, 9.17) is 23.2 Å². The monoisotopic (exact) mass is 402 g/mol. The highest BCUT2D eigenvalue weighted by Gasteiger charge is 2.25. The average Bonchev–Trinajstić information content (AvgIpc) is 3.15. The average molecular weight is 403 g/mol. The number of nitrogens with zero attached hydrogens (tertiary/aromatic N) is 3. The lowest BCUT2D eigenvalue weighted by Crippen LogP contribution is -2.15. The number of aromatic nitrogens is 1. The van der Waals surface area contributed by atoms with Crippen LogP contribution in [0.15, 0.2) is 58.0 Å². The van der Waals surface area contributed by atoms with Crippen molar-refractivity contribution in [3.63, 3.8) is 0 Å². The minimum absolute atomic E-state index is 0.251. The fourth-order valence-electron chi connectivity index (χ4n) is 2.67. The quantitative estimate of drug-likeness (QED) is 0.637. The molecule has 5 nitrogen and oxygen atoms in total. The van der Waals surface area contributed by atoms with Crippen LogP contribution < -0.4 is 10.1 Å². The fraction of sp³-hybridized carbons (Fsp3) is 0.0556. The zero-order chi connectivity index (χ0) is 18.3. The van der Waals surface area contributed by atoms with E-state index in [-0.39, 0.29) is 5.91 Å². The highest BCUT2D eigenvalue weighted by atomic mass is 35.5. The molecule has 1 aliphatic heterocycles. The lowest BCUT2D eigenvalue weighted by Gasteiger charge is -2.04. The normalized spacial score (nSPS) is 15.4. The number of carbonyl (C=O) groups excluding carboxylic acids is 1. The summed E-state index contributed by atoms with van der Waals surface area (Å²) in [6.07, 6.45) is 0. The first kappa shape index (κ1) is 17.0. The number of halogens is 2. The van der Waals surface area contributed by atoms with Crippen LogP contribution in [0.2, 0.25) is 10.0 Å². The number of anilines is 1. The van der Waals surface area contributed by atoms with Gasteiger partial charge in [-0.25, -0.2) is 0 Å². The second kappa shape index (κ2) is 6.72. The van der Waals surface area contributed by atoms with Gasteiger partial charge >= 0.3 is 0 Å². The molecule has 1 aliphatic rings. The summed E-state index contributed by atoms with van der Waals surface area (Å²) in [7, 11) is 1.88. The molecule has 1 N–H and O–H groups in total. The Kier molecular flexibility index (Phi) is 4.40. The maximum Gasteiger partial charge on any atom is 0.276 e. The zero-order valence-electron chi connectivity index (χ0n) is 13.5. The van der Waals surface area contributed by atoms with Gasteiger partial charge in [0.2, 0.25) is 4.80 Å². The summed E-state index contributed by atoms with van der Waals surface area (Å²) in [5.41, 5.74) is 3.67. The van der Waals surface area contributed by atoms with E-state index in [1.54, 1.807) is 6.07 Å². The maximum absolute atomic E-state index is 12.1. The SMILES string of the molecule is Cn1c(-c2ccc(Cl)c(Cl)c2)cs/c1=N\N=C1\C(=O)Nc2ccccc21. The maximum atomic E-state index is 12.1. The Morgan fingerprint density at radius 1 is 1.08 bits per heavy atom. The molecule has 0 spiro atoms. The highest BCUT2D eigenvalue weighted by Crippen LogP contribution is 2.28. The van der Waals surface area contributed by atoms with Crippen molar-refractivity contribution < 1.29 is 4.79 Å². The smallest absolute Gasteiger partial charge is 0.276 e. The molecule has 26 heavy (non-hydrogen) atoms. The number of para-hydroxylation sites is 1. The van der Waals surface area contributed by atoms with Crippen LogP contribution in [0.3, 0.4) is 0 Å². The molecule has 0 aliphatic carbocycles. The van der Waals surface area contributed by atoms with Crippen molar-refractivity contribution in [1.82, 2.24) is 4.57 Å². The summed E-state index contributed by atoms with van der Waals surface area (Å²) in [6, 6.07) is 12.9. The largest absolute Gasteiger partial charge is 0.320 e. The van der Waals surface area contributed by atoms with Crippen molar-refractivity contribution >= 4 is 51.8 Å². The minimum atomic E-state index is -0.251. The van der Waals surface area contributed by atoms with Gasteiger partial charge in [-0.3, -0.25) is 4.79 Å². The predicted molar refractivity (Wildman–Crippen MR) is 106 cm³/mol. The Morgan fingerprint density at radius 3 is 2.69 bits per heavy atom. The molecule has 0 fully saturated rings. The molecular weight excluding hydrogens is 391 g/mol. The molecular formula is C18H12Cl2N4OS. The third-order valence-electron chi connectivity index (χ3n) is 4.02. The van der Waals surface area contributed by atoms with Crippen molar-refractivity contribution in [2.45, 2.75) is 0 Å². The standard InChI is InChI=1S/C18H12Cl2N4OS/c1-24-15(10-6-7-12(19)13(20)8-10)9-26-18(24)23-22-16-11-4-2-3-5-14(11)21-17(16)25/h2-9H,1H3,(H,21,22,25)/b23-18-. The van der Waals surface area contributed by atoms with E-state index in [2.05, 4.69) is 15.5 Å². The van der Waals surface area contributed by atoms with E-state index < -0.39 is 0 Å². The summed E-state index contributed by atoms with van der Waals surface area (Å²) in [5, 5.41) is 14.2. The molecule has 0 saturated heterocycles. The van der Waals surface area contributed by atoms with Crippen LogP contribution >= 0.6 is 34.5 Å². The Hall–Kier alpha value is -2.41. The summed E-state index contributed by atoms with van der Waals surface area (Å²) >= 11 is 13.5. The van der Waals surface area contributed by atoms with E-state index in [1.807, 2.05) is 53.4 Å². The number of fused-ring (bicyclic) bond motifs is 1. The number of carbonyl (C=O) groups is 1. The molecule has 0 atom stereocenters. The molecule has 0 unspecified atom stereocenters. The highest BCUT2D eigenvalue weighted by molar-refractivity contribution is 7.07. The molecule has 2 aromatic carbocycles. The van der Waals surface area contributed by atoms with Gasteiger partial charge in [0.25, 0.3) is 5.91 Å². The molecule has 8 heteroatoms. The molecule has 1 amide bonds. The van der Waals surface area contributed by atoms with Gasteiger partial charge in [-0.15, -0.1) is 21.5 Å². The van der Waals surface area contributed by atoms with Crippen molar-refractivity contribution in [3.8, 4) is 11.3 Å². The van der Waals surface area contributed by atoms with Crippen LogP contribution in [0.1, 0.15) is 5.56 Å². The number of amides is 1. The number of hydrogen-bond acceptors (Lipinski definition) is 4. The van der Waals surface area contributed by atoms with Crippen LogP contribution in [0.25, 0.3) is 11.3 Å². The van der Waals surface area contributed by atoms with E-state index in [9.17, 15) is 4.79 Å². The van der Waals surface area contributed by atoms with Gasteiger partial charge in [0.05, 0.1) is 21.4 Å². The van der Waals surface area contributed by atoms with Gasteiger partial charge in [0.1, 0.15) is 0 Å². The Labute approximate surface area is 163 Å². The van der Waals surface area contributed by atoms with Crippen LogP contribution in [0.4, 0.5) is 5.69 Å². The number of hydrogen-bond donors (Lipinski definition) is 1. The molecule has 0 radical (unpaired) electrons. The predicted octanol–water partition coefficient (Wildman–Crippen LogP) is 4.32. The molecule has 0 saturated carbocycles. The van der Waals surface area contributed by atoms with Gasteiger partial charge in [-0.2, -0.15) is 0 Å². The molecule has 4 rings (SSSR count). The second-order valence-corrected chi connectivity index (χ2v) is 7.29. The minimum Gasteiger partial charge on any atom is -0.320 e. The van der Waals surface area contributed by atoms with Gasteiger partial charge in [-0.05, 0) is 18.2 Å². The second-order valence-electron chi connectivity index (χ2n) is 5.64. The zero-order valence-corrected chi connectivity index (χ0v) is 15.9. The summed E-state index contributed by atoms with van der Waals surface area (Å²) < 4.78 is 1.90. The third kappa shape index (κ3) is 2.96. The number of benzene rings is 2. The van der Waals surface area contributed by atoms with Crippen LogP contribution in [-0.2, 0) is 11.8 Å². The lowest BCUT2D eigenvalue weighted by atomic mass is 10.1. The molecule has 130 valence electrons. The Balaban J connectivity index is 1.75. The van der Waals surface area contributed by atoms with E-state index in [0.717, 1.165) is 22.5 Å². The van der Waals surface area contributed by atoms with E-state index in [1.165, 1.54) is 11.3 Å². The third-order valence-corrected chi connectivity index (χ3v) is 5.67. The molecule has 3 aromatic rings. The van der Waals surface area contributed by atoms with E-state index >= 15 is 0 Å². The van der Waals surface area contributed by atoms with Crippen LogP contribution in [0, 0.1) is 0 Å². The van der Waals surface area contributed by atoms with E-state index in [0.29, 0.717) is 20.6 Å². The van der Waals surface area contributed by atoms with Crippen LogP contribution in [-0.4, -0.2) is 16.2 Å².